The van der Waals surface area contributed by atoms with Crippen LogP contribution in [0.4, 0.5) is 0 Å². The minimum absolute atomic E-state index is 0. The van der Waals surface area contributed by atoms with Gasteiger partial charge in [-0.2, -0.15) is 0 Å². The molecule has 0 aliphatic rings. The topological polar surface area (TPSA) is 90.3 Å². The number of hydrogen-bond donors (Lipinski definition) is 1. The molecule has 0 bridgehead atoms. The fraction of sp³-hybridized carbons (Fsp3) is 0.250. The molecule has 0 aliphatic heterocycles. The number of hydrogen-bond acceptors (Lipinski definition) is 6. The Hall–Kier alpha value is 0.500. The maximum absolute atomic E-state index is 10.2. The van der Waals surface area contributed by atoms with Gasteiger partial charge in [0.05, 0.1) is 10.4 Å². The molecule has 1 aromatic heterocycles. The summed E-state index contributed by atoms with van der Waals surface area (Å²) in [7, 11) is -4.65. The van der Waals surface area contributed by atoms with Gasteiger partial charge < -0.3 is 9.66 Å². The summed E-state index contributed by atoms with van der Waals surface area (Å²) in [5.41, 5.74) is -0.640. The molecule has 0 saturated heterocycles. The van der Waals surface area contributed by atoms with Crippen LogP contribution in [-0.4, -0.2) is 23.1 Å². The summed E-state index contributed by atoms with van der Waals surface area (Å²) < 4.78 is 30.6. The number of aliphatic hydroxyl groups excluding tert-OH is 1. The van der Waals surface area contributed by atoms with Crippen LogP contribution in [0.1, 0.15) is 10.3 Å². The van der Waals surface area contributed by atoms with Crippen molar-refractivity contribution in [3.05, 3.63) is 16.6 Å². The molecular weight excluding hydrogens is 213 g/mol. The summed E-state index contributed by atoms with van der Waals surface area (Å²) in [6.07, 6.45) is 1.14. The third-order valence-electron chi connectivity index (χ3n) is 0.968. The first-order chi connectivity index (χ1) is 5.02. The third kappa shape index (κ3) is 3.09. The van der Waals surface area contributed by atoms with Crippen molar-refractivity contribution in [2.45, 2.75) is 5.44 Å². The number of nitrogens with zero attached hydrogens (tertiary/aromatic N) is 1. The van der Waals surface area contributed by atoms with Crippen molar-refractivity contribution in [1.82, 2.24) is 4.98 Å². The van der Waals surface area contributed by atoms with Crippen LogP contribution in [0.5, 0.6) is 0 Å². The van der Waals surface area contributed by atoms with E-state index in [1.165, 1.54) is 5.51 Å². The van der Waals surface area contributed by atoms with Crippen molar-refractivity contribution in [1.29, 1.82) is 0 Å². The Bertz CT molecular complexity index is 321. The Kier molecular flexibility index (Phi) is 4.85. The van der Waals surface area contributed by atoms with Crippen LogP contribution >= 0.6 is 11.3 Å². The van der Waals surface area contributed by atoms with Crippen LogP contribution in [0, 0.1) is 0 Å². The van der Waals surface area contributed by atoms with Crippen LogP contribution in [0.15, 0.2) is 11.7 Å². The summed E-state index contributed by atoms with van der Waals surface area (Å²) in [6, 6.07) is 0. The molecule has 0 radical (unpaired) electrons. The van der Waals surface area contributed by atoms with Crippen LogP contribution in [0.25, 0.3) is 0 Å². The molecule has 0 aromatic carbocycles. The fourth-order valence-electron chi connectivity index (χ4n) is 0.490. The molecule has 1 unspecified atom stereocenters. The molecule has 1 rings (SSSR count). The molecule has 0 fully saturated rings. The average molecular weight is 217 g/mol. The van der Waals surface area contributed by atoms with E-state index in [1.54, 1.807) is 0 Å². The molecular formula is C4H4NNaO4S2. The quantitative estimate of drug-likeness (QED) is 0.413. The molecule has 1 atom stereocenters. The molecule has 1 aromatic rings. The van der Waals surface area contributed by atoms with Gasteiger partial charge >= 0.3 is 29.6 Å². The zero-order valence-electron chi connectivity index (χ0n) is 6.17. The maximum atomic E-state index is 10.2. The Balaban J connectivity index is 0.00000121. The van der Waals surface area contributed by atoms with Gasteiger partial charge in [0.15, 0.2) is 5.44 Å². The van der Waals surface area contributed by atoms with E-state index in [4.69, 9.17) is 5.11 Å². The number of rotatable bonds is 2. The first kappa shape index (κ1) is 12.5. The van der Waals surface area contributed by atoms with Gasteiger partial charge in [-0.3, -0.25) is 4.98 Å². The number of aliphatic hydroxyl groups is 1. The van der Waals surface area contributed by atoms with Crippen molar-refractivity contribution < 1.29 is 47.6 Å². The van der Waals surface area contributed by atoms with Gasteiger partial charge in [0.1, 0.15) is 10.1 Å². The van der Waals surface area contributed by atoms with E-state index in [1.807, 2.05) is 0 Å². The van der Waals surface area contributed by atoms with Gasteiger partial charge in [-0.1, -0.05) is 0 Å². The first-order valence-electron chi connectivity index (χ1n) is 2.53. The van der Waals surface area contributed by atoms with Gasteiger partial charge in [0, 0.05) is 6.20 Å². The van der Waals surface area contributed by atoms with Gasteiger partial charge in [-0.05, 0) is 0 Å². The van der Waals surface area contributed by atoms with Crippen molar-refractivity contribution in [2.75, 3.05) is 0 Å². The molecule has 12 heavy (non-hydrogen) atoms. The van der Waals surface area contributed by atoms with Gasteiger partial charge in [0.25, 0.3) is 0 Å². The second kappa shape index (κ2) is 4.66. The molecule has 8 heteroatoms. The summed E-state index contributed by atoms with van der Waals surface area (Å²) in [5.74, 6) is 0. The van der Waals surface area contributed by atoms with E-state index < -0.39 is 15.6 Å². The number of thiazole rings is 1. The van der Waals surface area contributed by atoms with Gasteiger partial charge in [-0.15, -0.1) is 11.3 Å². The molecule has 0 saturated carbocycles. The van der Waals surface area contributed by atoms with Crippen molar-refractivity contribution >= 4 is 21.5 Å². The average Bonchev–Trinajstić information content (AvgIpc) is 2.34. The maximum Gasteiger partial charge on any atom is 1.00 e. The largest absolute Gasteiger partial charge is 1.00 e. The monoisotopic (exact) mass is 217 g/mol. The standard InChI is InChI=1S/C4H5NO4S2.Na/c6-4(11(7,8)9)3-1-5-2-10-3;/h1-2,4,6H,(H,7,8,9);/q;+1/p-1. The zero-order chi connectivity index (χ0) is 8.48. The van der Waals surface area contributed by atoms with E-state index in [2.05, 4.69) is 4.98 Å². The van der Waals surface area contributed by atoms with Crippen molar-refractivity contribution in [3.63, 3.8) is 0 Å². The van der Waals surface area contributed by atoms with Crippen LogP contribution in [0.2, 0.25) is 0 Å². The molecule has 0 aliphatic carbocycles. The second-order valence-electron chi connectivity index (χ2n) is 1.75. The molecule has 0 amide bonds. The van der Waals surface area contributed by atoms with Gasteiger partial charge in [-0.25, -0.2) is 8.42 Å². The summed E-state index contributed by atoms with van der Waals surface area (Å²) in [4.78, 5) is 3.55. The smallest absolute Gasteiger partial charge is 0.746 e. The van der Waals surface area contributed by atoms with E-state index >= 15 is 0 Å². The van der Waals surface area contributed by atoms with E-state index in [-0.39, 0.29) is 34.4 Å². The second-order valence-corrected chi connectivity index (χ2v) is 4.10. The van der Waals surface area contributed by atoms with E-state index in [9.17, 15) is 13.0 Å². The fourth-order valence-corrected chi connectivity index (χ4v) is 1.84. The molecule has 0 spiro atoms. The number of aromatic nitrogens is 1. The SMILES string of the molecule is O=S(=O)([O-])C(O)c1cncs1.[Na+]. The van der Waals surface area contributed by atoms with E-state index in [0.717, 1.165) is 17.5 Å². The third-order valence-corrected chi connectivity index (χ3v) is 2.75. The van der Waals surface area contributed by atoms with Crippen molar-refractivity contribution in [3.8, 4) is 0 Å². The Morgan fingerprint density at radius 2 is 2.25 bits per heavy atom. The molecule has 62 valence electrons. The Morgan fingerprint density at radius 1 is 1.67 bits per heavy atom. The summed E-state index contributed by atoms with van der Waals surface area (Å²) in [5, 5.41) is 8.82. The van der Waals surface area contributed by atoms with Crippen LogP contribution in [0.3, 0.4) is 0 Å². The van der Waals surface area contributed by atoms with E-state index in [0.29, 0.717) is 0 Å². The Morgan fingerprint density at radius 3 is 2.58 bits per heavy atom. The Labute approximate surface area is 95.5 Å². The van der Waals surface area contributed by atoms with Gasteiger partial charge in [0.2, 0.25) is 0 Å². The minimum atomic E-state index is -4.65. The van der Waals surface area contributed by atoms with Crippen molar-refractivity contribution in [2.24, 2.45) is 0 Å². The molecule has 1 N–H and O–H groups in total. The first-order valence-corrected chi connectivity index (χ1v) is 4.88. The van der Waals surface area contributed by atoms with Crippen LogP contribution < -0.4 is 29.6 Å². The predicted octanol–water partition coefficient (Wildman–Crippen LogP) is -3.32. The molecule has 5 nitrogen and oxygen atoms in total. The predicted molar refractivity (Wildman–Crippen MR) is 36.8 cm³/mol. The molecule has 1 heterocycles. The van der Waals surface area contributed by atoms with Crippen LogP contribution in [-0.2, 0) is 10.1 Å². The minimum Gasteiger partial charge on any atom is -0.746 e. The summed E-state index contributed by atoms with van der Waals surface area (Å²) in [6.45, 7) is 0. The normalized spacial score (nSPS) is 13.5. The summed E-state index contributed by atoms with van der Waals surface area (Å²) >= 11 is 0.918. The zero-order valence-corrected chi connectivity index (χ0v) is 9.80.